The molecule has 2 rings (SSSR count). The fourth-order valence-corrected chi connectivity index (χ4v) is 2.44. The van der Waals surface area contributed by atoms with Crippen molar-refractivity contribution in [2.24, 2.45) is 0 Å². The third-order valence-electron chi connectivity index (χ3n) is 4.19. The van der Waals surface area contributed by atoms with Gasteiger partial charge in [0.05, 0.1) is 0 Å². The van der Waals surface area contributed by atoms with Crippen molar-refractivity contribution in [2.75, 3.05) is 17.2 Å². The zero-order chi connectivity index (χ0) is 16.8. The number of hydrogen-bond donors (Lipinski definition) is 2. The molecular formula is C20H24N2O. The summed E-state index contributed by atoms with van der Waals surface area (Å²) in [6.45, 7) is 10.8. The van der Waals surface area contributed by atoms with Gasteiger partial charge in [0.1, 0.15) is 0 Å². The highest BCUT2D eigenvalue weighted by atomic mass is 16.1. The van der Waals surface area contributed by atoms with Gasteiger partial charge in [-0.25, -0.2) is 0 Å². The van der Waals surface area contributed by atoms with E-state index in [4.69, 9.17) is 0 Å². The van der Waals surface area contributed by atoms with E-state index in [0.717, 1.165) is 18.7 Å². The van der Waals surface area contributed by atoms with E-state index < -0.39 is 0 Å². The second-order valence-electron chi connectivity index (χ2n) is 5.75. The van der Waals surface area contributed by atoms with Crippen LogP contribution in [0, 0.1) is 20.8 Å². The minimum absolute atomic E-state index is 0.190. The molecule has 0 saturated carbocycles. The minimum Gasteiger partial charge on any atom is -0.384 e. The highest BCUT2D eigenvalue weighted by Gasteiger charge is 2.03. The molecule has 0 saturated heterocycles. The van der Waals surface area contributed by atoms with Gasteiger partial charge in [0.2, 0.25) is 5.91 Å². The fourth-order valence-electron chi connectivity index (χ4n) is 2.44. The largest absolute Gasteiger partial charge is 0.384 e. The predicted molar refractivity (Wildman–Crippen MR) is 98.1 cm³/mol. The molecule has 3 heteroatoms. The third kappa shape index (κ3) is 4.46. The summed E-state index contributed by atoms with van der Waals surface area (Å²) < 4.78 is 0. The maximum Gasteiger partial charge on any atom is 0.247 e. The summed E-state index contributed by atoms with van der Waals surface area (Å²) >= 11 is 0. The van der Waals surface area contributed by atoms with E-state index in [-0.39, 0.29) is 5.91 Å². The van der Waals surface area contributed by atoms with Crippen LogP contribution >= 0.6 is 0 Å². The van der Waals surface area contributed by atoms with E-state index >= 15 is 0 Å². The van der Waals surface area contributed by atoms with Gasteiger partial charge >= 0.3 is 0 Å². The Bertz CT molecular complexity index is 702. The highest BCUT2D eigenvalue weighted by molar-refractivity contribution is 5.98. The van der Waals surface area contributed by atoms with Crippen molar-refractivity contribution >= 4 is 17.3 Å². The van der Waals surface area contributed by atoms with Gasteiger partial charge in [-0.3, -0.25) is 4.79 Å². The number of nitrogens with one attached hydrogen (secondary N) is 2. The molecular weight excluding hydrogens is 284 g/mol. The minimum atomic E-state index is -0.190. The summed E-state index contributed by atoms with van der Waals surface area (Å²) in [6, 6.07) is 12.2. The van der Waals surface area contributed by atoms with Crippen LogP contribution in [0.5, 0.6) is 0 Å². The van der Waals surface area contributed by atoms with Crippen molar-refractivity contribution in [3.05, 3.63) is 71.3 Å². The standard InChI is InChI=1S/C20H24N2O/c1-5-20(23)22-18-9-7-17(8-10-18)12-13-21-19-11-6-14(2)15(3)16(19)4/h5-11,21H,1,12-13H2,2-4H3,(H,22,23). The van der Waals surface area contributed by atoms with Crippen molar-refractivity contribution in [2.45, 2.75) is 27.2 Å². The van der Waals surface area contributed by atoms with E-state index in [0.29, 0.717) is 0 Å². The summed E-state index contributed by atoms with van der Waals surface area (Å²) in [5, 5.41) is 6.25. The maximum atomic E-state index is 11.2. The molecule has 0 aliphatic heterocycles. The van der Waals surface area contributed by atoms with E-state index in [1.165, 1.54) is 34.0 Å². The van der Waals surface area contributed by atoms with Crippen LogP contribution in [0.25, 0.3) is 0 Å². The number of aryl methyl sites for hydroxylation is 1. The van der Waals surface area contributed by atoms with Crippen molar-refractivity contribution in [3.63, 3.8) is 0 Å². The van der Waals surface area contributed by atoms with Crippen molar-refractivity contribution < 1.29 is 4.79 Å². The number of carbonyl (C=O) groups is 1. The van der Waals surface area contributed by atoms with Gasteiger partial charge in [-0.15, -0.1) is 0 Å². The number of hydrogen-bond acceptors (Lipinski definition) is 2. The number of anilines is 2. The Morgan fingerprint density at radius 3 is 2.39 bits per heavy atom. The lowest BCUT2D eigenvalue weighted by Gasteiger charge is -2.13. The van der Waals surface area contributed by atoms with Crippen LogP contribution in [0.2, 0.25) is 0 Å². The Hall–Kier alpha value is -2.55. The Kier molecular flexibility index (Phi) is 5.58. The molecule has 0 aromatic heterocycles. The van der Waals surface area contributed by atoms with Crippen molar-refractivity contribution in [3.8, 4) is 0 Å². The summed E-state index contributed by atoms with van der Waals surface area (Å²) in [5.74, 6) is -0.190. The molecule has 0 bridgehead atoms. The quantitative estimate of drug-likeness (QED) is 0.777. The molecule has 0 heterocycles. The molecule has 2 N–H and O–H groups in total. The first-order valence-corrected chi connectivity index (χ1v) is 7.84. The molecule has 1 amide bonds. The topological polar surface area (TPSA) is 41.1 Å². The summed E-state index contributed by atoms with van der Waals surface area (Å²) in [5.41, 5.74) is 7.20. The van der Waals surface area contributed by atoms with Crippen LogP contribution in [0.15, 0.2) is 49.1 Å². The second-order valence-corrected chi connectivity index (χ2v) is 5.75. The molecule has 0 spiro atoms. The van der Waals surface area contributed by atoms with E-state index in [2.05, 4.69) is 50.1 Å². The zero-order valence-corrected chi connectivity index (χ0v) is 14.1. The number of benzene rings is 2. The number of carbonyl (C=O) groups excluding carboxylic acids is 1. The van der Waals surface area contributed by atoms with Crippen LogP contribution in [-0.2, 0) is 11.2 Å². The van der Waals surface area contributed by atoms with Gasteiger partial charge in [0, 0.05) is 17.9 Å². The lowest BCUT2D eigenvalue weighted by atomic mass is 10.0. The van der Waals surface area contributed by atoms with Gasteiger partial charge in [-0.2, -0.15) is 0 Å². The van der Waals surface area contributed by atoms with Gasteiger partial charge in [0.25, 0.3) is 0 Å². The molecule has 0 unspecified atom stereocenters. The average molecular weight is 308 g/mol. The van der Waals surface area contributed by atoms with Crippen molar-refractivity contribution in [1.29, 1.82) is 0 Å². The highest BCUT2D eigenvalue weighted by Crippen LogP contribution is 2.21. The van der Waals surface area contributed by atoms with Gasteiger partial charge in [-0.1, -0.05) is 24.8 Å². The molecule has 0 aliphatic carbocycles. The molecule has 0 aliphatic rings. The Morgan fingerprint density at radius 2 is 1.74 bits per heavy atom. The van der Waals surface area contributed by atoms with Crippen LogP contribution in [0.3, 0.4) is 0 Å². The van der Waals surface area contributed by atoms with E-state index in [1.54, 1.807) is 0 Å². The Balaban J connectivity index is 1.90. The maximum absolute atomic E-state index is 11.2. The van der Waals surface area contributed by atoms with Gasteiger partial charge in [0.15, 0.2) is 0 Å². The fraction of sp³-hybridized carbons (Fsp3) is 0.250. The molecule has 2 aromatic rings. The summed E-state index contributed by atoms with van der Waals surface area (Å²) in [6.07, 6.45) is 2.20. The third-order valence-corrected chi connectivity index (χ3v) is 4.19. The Morgan fingerprint density at radius 1 is 1.04 bits per heavy atom. The van der Waals surface area contributed by atoms with Crippen molar-refractivity contribution in [1.82, 2.24) is 0 Å². The number of amides is 1. The molecule has 0 fully saturated rings. The monoisotopic (exact) mass is 308 g/mol. The normalized spacial score (nSPS) is 10.2. The second kappa shape index (κ2) is 7.63. The van der Waals surface area contributed by atoms with E-state index in [1.807, 2.05) is 24.3 Å². The molecule has 2 aromatic carbocycles. The SMILES string of the molecule is C=CC(=O)Nc1ccc(CCNc2ccc(C)c(C)c2C)cc1. The average Bonchev–Trinajstić information content (AvgIpc) is 2.56. The van der Waals surface area contributed by atoms with Gasteiger partial charge < -0.3 is 10.6 Å². The van der Waals surface area contributed by atoms with E-state index in [9.17, 15) is 4.79 Å². The molecule has 0 atom stereocenters. The first kappa shape index (κ1) is 16.8. The molecule has 0 radical (unpaired) electrons. The summed E-state index contributed by atoms with van der Waals surface area (Å²) in [7, 11) is 0. The number of rotatable bonds is 6. The molecule has 120 valence electrons. The van der Waals surface area contributed by atoms with Crippen LogP contribution < -0.4 is 10.6 Å². The molecule has 3 nitrogen and oxygen atoms in total. The Labute approximate surface area is 138 Å². The summed E-state index contributed by atoms with van der Waals surface area (Å²) in [4.78, 5) is 11.2. The predicted octanol–water partition coefficient (Wildman–Crippen LogP) is 4.39. The zero-order valence-electron chi connectivity index (χ0n) is 14.1. The van der Waals surface area contributed by atoms with Crippen LogP contribution in [-0.4, -0.2) is 12.5 Å². The van der Waals surface area contributed by atoms with Gasteiger partial charge in [-0.05, 0) is 73.7 Å². The lowest BCUT2D eigenvalue weighted by molar-refractivity contribution is -0.111. The first-order chi connectivity index (χ1) is 11.0. The first-order valence-electron chi connectivity index (χ1n) is 7.84. The smallest absolute Gasteiger partial charge is 0.247 e. The molecule has 23 heavy (non-hydrogen) atoms. The lowest BCUT2D eigenvalue weighted by Crippen LogP contribution is -2.08. The van der Waals surface area contributed by atoms with Crippen LogP contribution in [0.1, 0.15) is 22.3 Å². The van der Waals surface area contributed by atoms with Crippen LogP contribution in [0.4, 0.5) is 11.4 Å².